The van der Waals surface area contributed by atoms with Crippen LogP contribution in [0.4, 0.5) is 4.79 Å². The third-order valence-corrected chi connectivity index (χ3v) is 6.08. The lowest BCUT2D eigenvalue weighted by molar-refractivity contribution is -0.146. The second-order valence-corrected chi connectivity index (χ2v) is 8.73. The first-order chi connectivity index (χ1) is 14.8. The van der Waals surface area contributed by atoms with Crippen LogP contribution < -0.4 is 10.6 Å². The molecule has 0 aliphatic heterocycles. The van der Waals surface area contributed by atoms with E-state index in [0.29, 0.717) is 13.0 Å². The van der Waals surface area contributed by atoms with E-state index < -0.39 is 17.6 Å². The van der Waals surface area contributed by atoms with Crippen LogP contribution in [-0.2, 0) is 14.3 Å². The molecular formula is C24H26N2O5. The number of rotatable bonds is 7. The minimum Gasteiger partial charge on any atom is -0.480 e. The van der Waals surface area contributed by atoms with E-state index in [9.17, 15) is 14.4 Å². The number of alkyl carbamates (subject to hydrolysis) is 1. The maximum Gasteiger partial charge on any atom is 0.407 e. The number of ether oxygens (including phenoxy) is 1. The lowest BCUT2D eigenvalue weighted by Gasteiger charge is -2.21. The van der Waals surface area contributed by atoms with Crippen LogP contribution in [0.15, 0.2) is 48.5 Å². The molecule has 31 heavy (non-hydrogen) atoms. The number of benzene rings is 2. The Kier molecular flexibility index (Phi) is 5.43. The summed E-state index contributed by atoms with van der Waals surface area (Å²) in [5.41, 5.74) is 3.32. The van der Waals surface area contributed by atoms with Gasteiger partial charge < -0.3 is 20.5 Å². The summed E-state index contributed by atoms with van der Waals surface area (Å²) in [6.07, 6.45) is 0.101. The van der Waals surface area contributed by atoms with Gasteiger partial charge in [0.15, 0.2) is 0 Å². The molecular weight excluding hydrogens is 396 g/mol. The fourth-order valence-electron chi connectivity index (χ4n) is 4.11. The van der Waals surface area contributed by atoms with Gasteiger partial charge in [0.25, 0.3) is 0 Å². The van der Waals surface area contributed by atoms with Crippen LogP contribution in [-0.4, -0.2) is 41.8 Å². The van der Waals surface area contributed by atoms with Gasteiger partial charge in [-0.3, -0.25) is 4.79 Å². The van der Waals surface area contributed by atoms with Gasteiger partial charge in [-0.25, -0.2) is 9.59 Å². The highest BCUT2D eigenvalue weighted by Gasteiger charge is 2.45. The van der Waals surface area contributed by atoms with E-state index >= 15 is 0 Å². The van der Waals surface area contributed by atoms with E-state index in [0.717, 1.165) is 11.1 Å². The molecule has 0 spiro atoms. The zero-order chi connectivity index (χ0) is 22.2. The summed E-state index contributed by atoms with van der Waals surface area (Å²) in [7, 11) is 0. The van der Waals surface area contributed by atoms with Gasteiger partial charge in [0.2, 0.25) is 5.91 Å². The molecule has 0 radical (unpaired) electrons. The summed E-state index contributed by atoms with van der Waals surface area (Å²) in [5.74, 6) is -1.69. The number of carboxylic acids is 1. The Balaban J connectivity index is 1.27. The first-order valence-electron chi connectivity index (χ1n) is 10.4. The zero-order valence-corrected chi connectivity index (χ0v) is 17.6. The van der Waals surface area contributed by atoms with Gasteiger partial charge in [0.1, 0.15) is 12.1 Å². The van der Waals surface area contributed by atoms with Crippen molar-refractivity contribution in [2.24, 2.45) is 11.8 Å². The third-order valence-electron chi connectivity index (χ3n) is 6.08. The van der Waals surface area contributed by atoms with Crippen molar-refractivity contribution in [2.75, 3.05) is 13.2 Å². The average Bonchev–Trinajstić information content (AvgIpc) is 3.46. The van der Waals surface area contributed by atoms with E-state index in [1.165, 1.54) is 25.0 Å². The molecule has 2 aromatic carbocycles. The normalized spacial score (nSPS) is 19.2. The van der Waals surface area contributed by atoms with Crippen molar-refractivity contribution >= 4 is 18.0 Å². The van der Waals surface area contributed by atoms with Crippen LogP contribution in [0.2, 0.25) is 0 Å². The molecule has 3 N–H and O–H groups in total. The fraction of sp³-hybridized carbons (Fsp3) is 0.375. The van der Waals surface area contributed by atoms with Crippen molar-refractivity contribution in [1.29, 1.82) is 0 Å². The van der Waals surface area contributed by atoms with Gasteiger partial charge in [0, 0.05) is 18.4 Å². The van der Waals surface area contributed by atoms with E-state index in [2.05, 4.69) is 34.9 Å². The largest absolute Gasteiger partial charge is 0.480 e. The molecule has 0 unspecified atom stereocenters. The number of carboxylic acid groups (broad SMARTS) is 1. The van der Waals surface area contributed by atoms with Gasteiger partial charge in [-0.1, -0.05) is 48.5 Å². The van der Waals surface area contributed by atoms with Crippen LogP contribution in [0.3, 0.4) is 0 Å². The summed E-state index contributed by atoms with van der Waals surface area (Å²) in [5, 5.41) is 14.4. The maximum absolute atomic E-state index is 12.2. The number of hydrogen-bond donors (Lipinski definition) is 3. The number of fused-ring (bicyclic) bond motifs is 3. The molecule has 2 aliphatic carbocycles. The monoisotopic (exact) mass is 422 g/mol. The molecule has 2 aromatic rings. The lowest BCUT2D eigenvalue weighted by atomic mass is 9.98. The van der Waals surface area contributed by atoms with Crippen molar-refractivity contribution in [3.05, 3.63) is 59.7 Å². The predicted octanol–water partition coefficient (Wildman–Crippen LogP) is 3.14. The number of carbonyl (C=O) groups excluding carboxylic acids is 2. The Morgan fingerprint density at radius 2 is 1.61 bits per heavy atom. The predicted molar refractivity (Wildman–Crippen MR) is 115 cm³/mol. The van der Waals surface area contributed by atoms with Crippen LogP contribution in [0.25, 0.3) is 11.1 Å². The van der Waals surface area contributed by atoms with E-state index in [4.69, 9.17) is 9.84 Å². The summed E-state index contributed by atoms with van der Waals surface area (Å²) in [6, 6.07) is 16.3. The van der Waals surface area contributed by atoms with E-state index in [1.807, 2.05) is 24.3 Å². The Morgan fingerprint density at radius 3 is 2.19 bits per heavy atom. The standard InChI is InChI=1S/C24H26N2O5/c1-24(2,22(28)29)26-21(27)19-11-14(19)12-25-23(30)31-13-20-17-9-5-3-7-15(17)16-8-4-6-10-18(16)20/h3-10,14,19-20H,11-13H2,1-2H3,(H,25,30)(H,26,27)(H,28,29)/t14-,19-/m1/s1. The zero-order valence-electron chi connectivity index (χ0n) is 17.6. The van der Waals surface area contributed by atoms with Crippen molar-refractivity contribution in [3.63, 3.8) is 0 Å². The molecule has 7 nitrogen and oxygen atoms in total. The molecule has 0 saturated heterocycles. The summed E-state index contributed by atoms with van der Waals surface area (Å²) in [6.45, 7) is 3.45. The van der Waals surface area contributed by atoms with Gasteiger partial charge >= 0.3 is 12.1 Å². The first kappa shape index (κ1) is 20.9. The summed E-state index contributed by atoms with van der Waals surface area (Å²) < 4.78 is 5.50. The molecule has 1 fully saturated rings. The number of nitrogens with one attached hydrogen (secondary N) is 2. The Bertz CT molecular complexity index is 987. The molecule has 2 atom stereocenters. The Labute approximate surface area is 180 Å². The Hall–Kier alpha value is -3.35. The number of carbonyl (C=O) groups is 3. The van der Waals surface area contributed by atoms with Gasteiger partial charge in [-0.2, -0.15) is 0 Å². The van der Waals surface area contributed by atoms with Gasteiger partial charge in [0.05, 0.1) is 0 Å². The van der Waals surface area contributed by atoms with Crippen molar-refractivity contribution in [1.82, 2.24) is 10.6 Å². The molecule has 0 heterocycles. The van der Waals surface area contributed by atoms with Crippen molar-refractivity contribution in [2.45, 2.75) is 31.7 Å². The molecule has 4 rings (SSSR count). The Morgan fingerprint density at radius 1 is 1.03 bits per heavy atom. The van der Waals surface area contributed by atoms with Gasteiger partial charge in [-0.15, -0.1) is 0 Å². The molecule has 0 bridgehead atoms. The molecule has 2 amide bonds. The molecule has 7 heteroatoms. The summed E-state index contributed by atoms with van der Waals surface area (Å²) in [4.78, 5) is 35.6. The SMILES string of the molecule is CC(C)(NC(=O)[C@@H]1C[C@@H]1CNC(=O)OCC1c2ccccc2-c2ccccc21)C(=O)O. The maximum atomic E-state index is 12.2. The highest BCUT2D eigenvalue weighted by molar-refractivity contribution is 5.89. The van der Waals surface area contributed by atoms with Crippen LogP contribution in [0.5, 0.6) is 0 Å². The number of amides is 2. The van der Waals surface area contributed by atoms with Crippen LogP contribution in [0, 0.1) is 11.8 Å². The van der Waals surface area contributed by atoms with Crippen LogP contribution in [0.1, 0.15) is 37.3 Å². The fourth-order valence-corrected chi connectivity index (χ4v) is 4.11. The van der Waals surface area contributed by atoms with Gasteiger partial charge in [-0.05, 0) is 48.4 Å². The second-order valence-electron chi connectivity index (χ2n) is 8.73. The second kappa shape index (κ2) is 8.06. The smallest absolute Gasteiger partial charge is 0.407 e. The highest BCUT2D eigenvalue weighted by atomic mass is 16.5. The summed E-state index contributed by atoms with van der Waals surface area (Å²) >= 11 is 0. The number of aliphatic carboxylic acids is 1. The molecule has 0 aromatic heterocycles. The van der Waals surface area contributed by atoms with E-state index in [-0.39, 0.29) is 30.3 Å². The average molecular weight is 422 g/mol. The van der Waals surface area contributed by atoms with Crippen LogP contribution >= 0.6 is 0 Å². The minimum atomic E-state index is -1.32. The van der Waals surface area contributed by atoms with Crippen molar-refractivity contribution < 1.29 is 24.2 Å². The topological polar surface area (TPSA) is 105 Å². The minimum absolute atomic E-state index is 0.00384. The first-order valence-corrected chi connectivity index (χ1v) is 10.4. The van der Waals surface area contributed by atoms with Crippen molar-refractivity contribution in [3.8, 4) is 11.1 Å². The molecule has 2 aliphatic rings. The van der Waals surface area contributed by atoms with E-state index in [1.54, 1.807) is 0 Å². The number of hydrogen-bond acceptors (Lipinski definition) is 4. The quantitative estimate of drug-likeness (QED) is 0.636. The molecule has 1 saturated carbocycles. The third kappa shape index (κ3) is 4.26. The highest BCUT2D eigenvalue weighted by Crippen LogP contribution is 2.44. The lowest BCUT2D eigenvalue weighted by Crippen LogP contribution is -2.50. The molecule has 162 valence electrons.